The highest BCUT2D eigenvalue weighted by atomic mass is 16.6. The summed E-state index contributed by atoms with van der Waals surface area (Å²) in [5.41, 5.74) is -0.0314. The number of ether oxygens (including phenoxy) is 3. The van der Waals surface area contributed by atoms with Crippen molar-refractivity contribution in [3.63, 3.8) is 0 Å². The molecule has 0 atom stereocenters. The third-order valence-corrected chi connectivity index (χ3v) is 3.27. The van der Waals surface area contributed by atoms with Crippen LogP contribution in [-0.4, -0.2) is 42.8 Å². The molecule has 0 aliphatic carbocycles. The summed E-state index contributed by atoms with van der Waals surface area (Å²) in [6.45, 7) is 8.54. The molecule has 29 heavy (non-hydrogen) atoms. The van der Waals surface area contributed by atoms with Crippen LogP contribution in [-0.2, 0) is 19.0 Å². The number of benzene rings is 1. The highest BCUT2D eigenvalue weighted by Gasteiger charge is 2.18. The molecule has 1 rings (SSSR count). The lowest BCUT2D eigenvalue weighted by Crippen LogP contribution is -2.27. The molecule has 0 unspecified atom stereocenters. The molecular formula is C20H28N2O7. The molecule has 0 bridgehead atoms. The maximum atomic E-state index is 12.5. The van der Waals surface area contributed by atoms with Crippen LogP contribution in [0, 0.1) is 0 Å². The van der Waals surface area contributed by atoms with Gasteiger partial charge in [-0.15, -0.1) is 0 Å². The van der Waals surface area contributed by atoms with Crippen molar-refractivity contribution in [2.75, 3.05) is 17.7 Å². The van der Waals surface area contributed by atoms with Gasteiger partial charge in [0, 0.05) is 23.4 Å². The van der Waals surface area contributed by atoms with Gasteiger partial charge in [-0.05, 0) is 52.8 Å². The second-order valence-corrected chi connectivity index (χ2v) is 7.50. The smallest absolute Gasteiger partial charge is 0.412 e. The van der Waals surface area contributed by atoms with Gasteiger partial charge in [-0.1, -0.05) is 0 Å². The first-order valence-electron chi connectivity index (χ1n) is 9.12. The van der Waals surface area contributed by atoms with Crippen molar-refractivity contribution in [1.82, 2.24) is 0 Å². The quantitative estimate of drug-likeness (QED) is 0.395. The Morgan fingerprint density at radius 3 is 1.97 bits per heavy atom. The summed E-state index contributed by atoms with van der Waals surface area (Å²) < 4.78 is 14.8. The largest absolute Gasteiger partial charge is 0.469 e. The fourth-order valence-electron chi connectivity index (χ4n) is 2.18. The molecular weight excluding hydrogens is 380 g/mol. The van der Waals surface area contributed by atoms with E-state index in [-0.39, 0.29) is 41.7 Å². The molecule has 2 N–H and O–H groups in total. The van der Waals surface area contributed by atoms with Crippen molar-refractivity contribution in [3.05, 3.63) is 23.8 Å². The number of carbonyl (C=O) groups excluding carboxylic acids is 4. The fraction of sp³-hybridized carbons (Fsp3) is 0.500. The van der Waals surface area contributed by atoms with E-state index >= 15 is 0 Å². The minimum absolute atomic E-state index is 0.0849. The van der Waals surface area contributed by atoms with Crippen LogP contribution in [0.5, 0.6) is 0 Å². The predicted molar refractivity (Wildman–Crippen MR) is 107 cm³/mol. The number of hydrogen-bond acceptors (Lipinski definition) is 7. The van der Waals surface area contributed by atoms with Crippen LogP contribution in [0.4, 0.5) is 21.0 Å². The van der Waals surface area contributed by atoms with Gasteiger partial charge >= 0.3 is 18.2 Å². The standard InChI is InChI=1S/C20H28N2O7/c1-12(2)28-18(25)21-14-9-13(16(23)7-8-17(24)27-6)10-15(11-14)22-19(26)29-20(3,4)5/h9-12H,7-8H2,1-6H3,(H,21,25)(H,22,26). The Morgan fingerprint density at radius 2 is 1.48 bits per heavy atom. The summed E-state index contributed by atoms with van der Waals surface area (Å²) in [5.74, 6) is -0.872. The number of hydrogen-bond donors (Lipinski definition) is 2. The summed E-state index contributed by atoms with van der Waals surface area (Å²) in [4.78, 5) is 47.7. The summed E-state index contributed by atoms with van der Waals surface area (Å²) in [6.07, 6.45) is -1.93. The minimum Gasteiger partial charge on any atom is -0.469 e. The molecule has 0 aliphatic rings. The van der Waals surface area contributed by atoms with E-state index in [2.05, 4.69) is 15.4 Å². The lowest BCUT2D eigenvalue weighted by atomic mass is 10.0. The van der Waals surface area contributed by atoms with Gasteiger partial charge in [-0.25, -0.2) is 9.59 Å². The third-order valence-electron chi connectivity index (χ3n) is 3.27. The molecule has 9 nitrogen and oxygen atoms in total. The minimum atomic E-state index is -0.715. The third kappa shape index (κ3) is 9.59. The molecule has 9 heteroatoms. The Kier molecular flexibility index (Phi) is 8.62. The van der Waals surface area contributed by atoms with Crippen molar-refractivity contribution in [2.45, 2.75) is 59.2 Å². The molecule has 0 spiro atoms. The van der Waals surface area contributed by atoms with Crippen molar-refractivity contribution in [1.29, 1.82) is 0 Å². The molecule has 160 valence electrons. The van der Waals surface area contributed by atoms with E-state index in [4.69, 9.17) is 9.47 Å². The van der Waals surface area contributed by atoms with E-state index in [9.17, 15) is 19.2 Å². The number of amides is 2. The van der Waals surface area contributed by atoms with Crippen LogP contribution in [0.2, 0.25) is 0 Å². The second-order valence-electron chi connectivity index (χ2n) is 7.50. The Hall–Kier alpha value is -3.10. The monoisotopic (exact) mass is 408 g/mol. The van der Waals surface area contributed by atoms with Crippen LogP contribution in [0.15, 0.2) is 18.2 Å². The molecule has 1 aromatic rings. The van der Waals surface area contributed by atoms with Gasteiger partial charge in [-0.3, -0.25) is 20.2 Å². The zero-order valence-corrected chi connectivity index (χ0v) is 17.6. The van der Waals surface area contributed by atoms with E-state index in [1.807, 2.05) is 0 Å². The van der Waals surface area contributed by atoms with Gasteiger partial charge in [0.15, 0.2) is 5.78 Å². The van der Waals surface area contributed by atoms with Gasteiger partial charge in [0.05, 0.1) is 19.6 Å². The van der Waals surface area contributed by atoms with E-state index < -0.39 is 23.8 Å². The summed E-state index contributed by atoms with van der Waals surface area (Å²) >= 11 is 0. The van der Waals surface area contributed by atoms with E-state index in [0.29, 0.717) is 0 Å². The lowest BCUT2D eigenvalue weighted by Gasteiger charge is -2.20. The first-order chi connectivity index (χ1) is 13.4. The second kappa shape index (κ2) is 10.4. The Bertz CT molecular complexity index is 767. The zero-order chi connectivity index (χ0) is 22.2. The zero-order valence-electron chi connectivity index (χ0n) is 17.6. The topological polar surface area (TPSA) is 120 Å². The predicted octanol–water partition coefficient (Wildman–Crippen LogP) is 4.13. The highest BCUT2D eigenvalue weighted by Crippen LogP contribution is 2.22. The summed E-state index contributed by atoms with van der Waals surface area (Å²) in [6, 6.07) is 4.33. The molecule has 0 aromatic heterocycles. The van der Waals surface area contributed by atoms with E-state index in [0.717, 1.165) is 0 Å². The Labute approximate surface area is 170 Å². The van der Waals surface area contributed by atoms with Crippen molar-refractivity contribution < 1.29 is 33.4 Å². The number of rotatable bonds is 7. The number of Topliss-reactive ketones (excluding diaryl/α,β-unsaturated/α-hetero) is 1. The van der Waals surface area contributed by atoms with Crippen LogP contribution < -0.4 is 10.6 Å². The van der Waals surface area contributed by atoms with Gasteiger partial charge in [0.1, 0.15) is 5.60 Å². The molecule has 1 aromatic carbocycles. The average molecular weight is 408 g/mol. The number of methoxy groups -OCH3 is 1. The highest BCUT2D eigenvalue weighted by molar-refractivity contribution is 6.01. The van der Waals surface area contributed by atoms with Crippen LogP contribution >= 0.6 is 0 Å². The number of esters is 1. The van der Waals surface area contributed by atoms with Crippen LogP contribution in [0.1, 0.15) is 57.8 Å². The molecule has 0 fully saturated rings. The van der Waals surface area contributed by atoms with E-state index in [1.165, 1.54) is 25.3 Å². The molecule has 2 amide bonds. The van der Waals surface area contributed by atoms with Crippen molar-refractivity contribution in [3.8, 4) is 0 Å². The van der Waals surface area contributed by atoms with Gasteiger partial charge in [-0.2, -0.15) is 0 Å². The molecule has 0 radical (unpaired) electrons. The van der Waals surface area contributed by atoms with Gasteiger partial charge < -0.3 is 14.2 Å². The first-order valence-corrected chi connectivity index (χ1v) is 9.12. The number of nitrogens with one attached hydrogen (secondary N) is 2. The molecule has 0 heterocycles. The summed E-state index contributed by atoms with van der Waals surface area (Å²) in [7, 11) is 1.24. The van der Waals surface area contributed by atoms with Crippen LogP contribution in [0.25, 0.3) is 0 Å². The molecule has 0 saturated carbocycles. The number of ketones is 1. The SMILES string of the molecule is COC(=O)CCC(=O)c1cc(NC(=O)OC(C)C)cc(NC(=O)OC(C)(C)C)c1. The van der Waals surface area contributed by atoms with E-state index in [1.54, 1.807) is 34.6 Å². The molecule has 0 saturated heterocycles. The summed E-state index contributed by atoms with van der Waals surface area (Å²) in [5, 5.41) is 5.04. The fourth-order valence-corrected chi connectivity index (χ4v) is 2.18. The number of anilines is 2. The maximum absolute atomic E-state index is 12.5. The van der Waals surface area contributed by atoms with Crippen LogP contribution in [0.3, 0.4) is 0 Å². The number of carbonyl (C=O) groups is 4. The van der Waals surface area contributed by atoms with Gasteiger partial charge in [0.25, 0.3) is 0 Å². The average Bonchev–Trinajstić information content (AvgIpc) is 2.56. The van der Waals surface area contributed by atoms with Crippen molar-refractivity contribution >= 4 is 35.3 Å². The molecule has 0 aliphatic heterocycles. The Balaban J connectivity index is 3.07. The van der Waals surface area contributed by atoms with Gasteiger partial charge in [0.2, 0.25) is 0 Å². The Morgan fingerprint density at radius 1 is 0.931 bits per heavy atom. The first kappa shape index (κ1) is 23.9. The normalized spacial score (nSPS) is 10.9. The maximum Gasteiger partial charge on any atom is 0.412 e. The lowest BCUT2D eigenvalue weighted by molar-refractivity contribution is -0.140. The van der Waals surface area contributed by atoms with Crippen molar-refractivity contribution in [2.24, 2.45) is 0 Å².